The molecule has 2 aromatic rings. The van der Waals surface area contributed by atoms with Gasteiger partial charge in [0, 0.05) is 24.7 Å². The summed E-state index contributed by atoms with van der Waals surface area (Å²) < 4.78 is 42.9. The SMILES string of the molecule is CC(C)NC(=O)N1CC2(C1)C(c1nc(-c3ccc(F)cc3)no1)CCS2(=O)=O. The lowest BCUT2D eigenvalue weighted by molar-refractivity contribution is 0.115. The quantitative estimate of drug-likeness (QED) is 0.832. The van der Waals surface area contributed by atoms with E-state index in [0.717, 1.165) is 0 Å². The Kier molecular flexibility index (Phi) is 4.40. The molecule has 0 radical (unpaired) electrons. The van der Waals surface area contributed by atoms with Gasteiger partial charge in [-0.3, -0.25) is 0 Å². The van der Waals surface area contributed by atoms with Crippen molar-refractivity contribution in [3.63, 3.8) is 0 Å². The lowest BCUT2D eigenvalue weighted by Crippen LogP contribution is -2.69. The van der Waals surface area contributed by atoms with Crippen LogP contribution in [0.25, 0.3) is 11.4 Å². The zero-order valence-corrected chi connectivity index (χ0v) is 16.4. The first kappa shape index (κ1) is 18.9. The first-order chi connectivity index (χ1) is 13.2. The molecule has 1 aromatic heterocycles. The minimum absolute atomic E-state index is 0.0194. The van der Waals surface area contributed by atoms with E-state index in [2.05, 4.69) is 15.5 Å². The van der Waals surface area contributed by atoms with Crippen LogP contribution in [0.5, 0.6) is 0 Å². The molecular weight excluding hydrogens is 387 g/mol. The van der Waals surface area contributed by atoms with Gasteiger partial charge in [0.25, 0.3) is 0 Å². The predicted octanol–water partition coefficient (Wildman–Crippen LogP) is 1.95. The van der Waals surface area contributed by atoms with Gasteiger partial charge in [0.1, 0.15) is 10.6 Å². The van der Waals surface area contributed by atoms with Crippen molar-refractivity contribution in [2.45, 2.75) is 37.0 Å². The van der Waals surface area contributed by atoms with E-state index in [9.17, 15) is 17.6 Å². The predicted molar refractivity (Wildman–Crippen MR) is 98.8 cm³/mol. The maximum absolute atomic E-state index is 13.1. The molecule has 1 atom stereocenters. The molecule has 1 unspecified atom stereocenters. The molecular formula is C18H21FN4O4S. The van der Waals surface area contributed by atoms with Crippen molar-refractivity contribution in [2.75, 3.05) is 18.8 Å². The fraction of sp³-hybridized carbons (Fsp3) is 0.500. The largest absolute Gasteiger partial charge is 0.339 e. The summed E-state index contributed by atoms with van der Waals surface area (Å²) in [6.07, 6.45) is 0.368. The van der Waals surface area contributed by atoms with Gasteiger partial charge in [-0.05, 0) is 44.5 Å². The second-order valence-electron chi connectivity index (χ2n) is 7.65. The highest BCUT2D eigenvalue weighted by molar-refractivity contribution is 7.93. The van der Waals surface area contributed by atoms with Crippen molar-refractivity contribution in [2.24, 2.45) is 0 Å². The Morgan fingerprint density at radius 1 is 1.32 bits per heavy atom. The average molecular weight is 408 g/mol. The molecule has 1 spiro atoms. The van der Waals surface area contributed by atoms with E-state index in [4.69, 9.17) is 4.52 Å². The van der Waals surface area contributed by atoms with Crippen LogP contribution in [-0.2, 0) is 9.84 Å². The second-order valence-corrected chi connectivity index (χ2v) is 10.1. The lowest BCUT2D eigenvalue weighted by Gasteiger charge is -2.48. The molecule has 0 saturated carbocycles. The number of carbonyl (C=O) groups is 1. The number of likely N-dealkylation sites (tertiary alicyclic amines) is 1. The van der Waals surface area contributed by atoms with E-state index in [1.165, 1.54) is 29.2 Å². The van der Waals surface area contributed by atoms with Crippen LogP contribution in [0.15, 0.2) is 28.8 Å². The number of rotatable bonds is 3. The maximum Gasteiger partial charge on any atom is 0.317 e. The minimum Gasteiger partial charge on any atom is -0.339 e. The van der Waals surface area contributed by atoms with Crippen LogP contribution in [0.3, 0.4) is 0 Å². The number of hydrogen-bond donors (Lipinski definition) is 1. The van der Waals surface area contributed by atoms with Gasteiger partial charge < -0.3 is 14.7 Å². The smallest absolute Gasteiger partial charge is 0.317 e. The molecule has 8 nitrogen and oxygen atoms in total. The van der Waals surface area contributed by atoms with Crippen LogP contribution < -0.4 is 5.32 Å². The number of amides is 2. The topological polar surface area (TPSA) is 105 Å². The van der Waals surface area contributed by atoms with Crippen molar-refractivity contribution in [3.8, 4) is 11.4 Å². The third kappa shape index (κ3) is 2.95. The Labute approximate surface area is 162 Å². The molecule has 1 aromatic carbocycles. The average Bonchev–Trinajstić information content (AvgIpc) is 3.15. The summed E-state index contributed by atoms with van der Waals surface area (Å²) >= 11 is 0. The van der Waals surface area contributed by atoms with Gasteiger partial charge in [0.15, 0.2) is 9.84 Å². The highest BCUT2D eigenvalue weighted by Gasteiger charge is 2.64. The molecule has 2 aliphatic heterocycles. The van der Waals surface area contributed by atoms with Crippen LogP contribution in [0.1, 0.15) is 32.1 Å². The first-order valence-electron chi connectivity index (χ1n) is 9.09. The fourth-order valence-electron chi connectivity index (χ4n) is 3.90. The summed E-state index contributed by atoms with van der Waals surface area (Å²) in [5, 5.41) is 6.70. The van der Waals surface area contributed by atoms with Gasteiger partial charge in [-0.15, -0.1) is 0 Å². The van der Waals surface area contributed by atoms with Gasteiger partial charge in [0.05, 0.1) is 11.7 Å². The van der Waals surface area contributed by atoms with Crippen LogP contribution in [0.4, 0.5) is 9.18 Å². The number of aromatic nitrogens is 2. The van der Waals surface area contributed by atoms with Crippen LogP contribution >= 0.6 is 0 Å². The summed E-state index contributed by atoms with van der Waals surface area (Å²) in [6.45, 7) is 3.90. The number of sulfone groups is 1. The normalized spacial score (nSPS) is 22.4. The first-order valence-corrected chi connectivity index (χ1v) is 10.7. The van der Waals surface area contributed by atoms with Crippen molar-refractivity contribution in [1.82, 2.24) is 20.4 Å². The Hall–Kier alpha value is -2.49. The number of nitrogens with one attached hydrogen (secondary N) is 1. The summed E-state index contributed by atoms with van der Waals surface area (Å²) in [5.41, 5.74) is 0.581. The number of benzene rings is 1. The summed E-state index contributed by atoms with van der Waals surface area (Å²) in [5.74, 6) is -0.302. The Bertz CT molecular complexity index is 997. The third-order valence-electron chi connectivity index (χ3n) is 5.39. The van der Waals surface area contributed by atoms with E-state index in [-0.39, 0.29) is 48.4 Å². The Morgan fingerprint density at radius 2 is 2.00 bits per heavy atom. The van der Waals surface area contributed by atoms with Crippen molar-refractivity contribution >= 4 is 15.9 Å². The second kappa shape index (κ2) is 6.54. The van der Waals surface area contributed by atoms with Gasteiger partial charge in [-0.1, -0.05) is 5.16 Å². The van der Waals surface area contributed by atoms with E-state index < -0.39 is 20.5 Å². The molecule has 2 amide bonds. The number of carbonyl (C=O) groups excluding carboxylic acids is 1. The van der Waals surface area contributed by atoms with E-state index in [1.807, 2.05) is 13.8 Å². The Morgan fingerprint density at radius 3 is 2.64 bits per heavy atom. The molecule has 150 valence electrons. The molecule has 10 heteroatoms. The number of nitrogens with zero attached hydrogens (tertiary/aromatic N) is 3. The molecule has 2 saturated heterocycles. The molecule has 28 heavy (non-hydrogen) atoms. The standard InChI is InChI=1S/C18H21FN4O4S/c1-11(2)20-17(24)23-9-18(10-23)14(7-8-28(18,25)26)16-21-15(22-27-16)12-3-5-13(19)6-4-12/h3-6,11,14H,7-10H2,1-2H3,(H,20,24). The van der Waals surface area contributed by atoms with Crippen molar-refractivity contribution in [3.05, 3.63) is 36.0 Å². The lowest BCUT2D eigenvalue weighted by atomic mass is 9.83. The molecule has 0 bridgehead atoms. The Balaban J connectivity index is 1.58. The summed E-state index contributed by atoms with van der Waals surface area (Å²) in [7, 11) is -3.40. The number of urea groups is 1. The number of hydrogen-bond acceptors (Lipinski definition) is 6. The van der Waals surface area contributed by atoms with Gasteiger partial charge in [0.2, 0.25) is 11.7 Å². The van der Waals surface area contributed by atoms with Crippen molar-refractivity contribution in [1.29, 1.82) is 0 Å². The third-order valence-corrected chi connectivity index (χ3v) is 7.94. The van der Waals surface area contributed by atoms with Gasteiger partial charge in [-0.25, -0.2) is 17.6 Å². The highest BCUT2D eigenvalue weighted by atomic mass is 32.2. The zero-order chi connectivity index (χ0) is 20.1. The monoisotopic (exact) mass is 408 g/mol. The van der Waals surface area contributed by atoms with Gasteiger partial charge >= 0.3 is 6.03 Å². The highest BCUT2D eigenvalue weighted by Crippen LogP contribution is 2.49. The molecule has 1 N–H and O–H groups in total. The summed E-state index contributed by atoms with van der Waals surface area (Å²) in [6, 6.07) is 5.35. The molecule has 2 fully saturated rings. The number of halogens is 1. The summed E-state index contributed by atoms with van der Waals surface area (Å²) in [4.78, 5) is 18.0. The molecule has 2 aliphatic rings. The fourth-order valence-corrected chi connectivity index (χ4v) is 6.21. The minimum atomic E-state index is -3.40. The van der Waals surface area contributed by atoms with Crippen LogP contribution in [0, 0.1) is 5.82 Å². The molecule has 4 rings (SSSR count). The van der Waals surface area contributed by atoms with E-state index >= 15 is 0 Å². The molecule has 3 heterocycles. The van der Waals surface area contributed by atoms with E-state index in [0.29, 0.717) is 12.0 Å². The van der Waals surface area contributed by atoms with Crippen LogP contribution in [-0.4, -0.2) is 59.1 Å². The molecule has 0 aliphatic carbocycles. The zero-order valence-electron chi connectivity index (χ0n) is 15.6. The maximum atomic E-state index is 13.1. The van der Waals surface area contributed by atoms with Gasteiger partial charge in [-0.2, -0.15) is 4.98 Å². The van der Waals surface area contributed by atoms with Crippen LogP contribution in [0.2, 0.25) is 0 Å². The van der Waals surface area contributed by atoms with E-state index in [1.54, 1.807) is 0 Å². The van der Waals surface area contributed by atoms with Crippen molar-refractivity contribution < 1.29 is 22.1 Å².